The number of rotatable bonds is 3. The summed E-state index contributed by atoms with van der Waals surface area (Å²) in [5.74, 6) is -0.164. The topological polar surface area (TPSA) is 72.6 Å². The SMILES string of the molecule is COC(=O)[C@]1(C2CCCCC2)CCCN1C(=O)[C@H](C)N.Cl. The molecule has 1 saturated heterocycles. The maximum absolute atomic E-state index is 12.5. The predicted molar refractivity (Wildman–Crippen MR) is 83.2 cm³/mol. The molecular weight excluding hydrogens is 292 g/mol. The standard InChI is InChI=1S/C15H26N2O3.ClH/c1-11(16)13(18)17-10-6-9-15(17,14(19)20-2)12-7-4-3-5-8-12;/h11-12H,3-10,16H2,1-2H3;1H/t11-,15+;/m0./s1. The van der Waals surface area contributed by atoms with E-state index in [4.69, 9.17) is 10.5 Å². The molecule has 0 bridgehead atoms. The van der Waals surface area contributed by atoms with Crippen LogP contribution in [-0.2, 0) is 14.3 Å². The molecular formula is C15H27ClN2O3. The van der Waals surface area contributed by atoms with Gasteiger partial charge in [0.25, 0.3) is 0 Å². The quantitative estimate of drug-likeness (QED) is 0.806. The van der Waals surface area contributed by atoms with Crippen LogP contribution < -0.4 is 5.73 Å². The van der Waals surface area contributed by atoms with E-state index in [1.165, 1.54) is 13.5 Å². The van der Waals surface area contributed by atoms with E-state index in [1.807, 2.05) is 0 Å². The van der Waals surface area contributed by atoms with Gasteiger partial charge in [0.1, 0.15) is 5.54 Å². The minimum Gasteiger partial charge on any atom is -0.467 e. The molecule has 2 aliphatic rings. The number of carbonyl (C=O) groups excluding carboxylic acids is 2. The number of halogens is 1. The van der Waals surface area contributed by atoms with Crippen molar-refractivity contribution in [3.63, 3.8) is 0 Å². The molecule has 0 aromatic heterocycles. The molecule has 21 heavy (non-hydrogen) atoms. The van der Waals surface area contributed by atoms with E-state index in [2.05, 4.69) is 0 Å². The van der Waals surface area contributed by atoms with Crippen LogP contribution in [0.2, 0.25) is 0 Å². The van der Waals surface area contributed by atoms with Gasteiger partial charge in [-0.3, -0.25) is 4.79 Å². The van der Waals surface area contributed by atoms with Crippen molar-refractivity contribution in [2.75, 3.05) is 13.7 Å². The summed E-state index contributed by atoms with van der Waals surface area (Å²) in [7, 11) is 1.42. The molecule has 5 nitrogen and oxygen atoms in total. The molecule has 1 heterocycles. The van der Waals surface area contributed by atoms with Gasteiger partial charge in [-0.1, -0.05) is 19.3 Å². The lowest BCUT2D eigenvalue weighted by molar-refractivity contribution is -0.165. The number of amides is 1. The van der Waals surface area contributed by atoms with E-state index in [1.54, 1.807) is 11.8 Å². The maximum Gasteiger partial charge on any atom is 0.332 e. The zero-order chi connectivity index (χ0) is 14.8. The van der Waals surface area contributed by atoms with Crippen LogP contribution in [0.1, 0.15) is 51.9 Å². The lowest BCUT2D eigenvalue weighted by Gasteiger charge is -2.44. The summed E-state index contributed by atoms with van der Waals surface area (Å²) >= 11 is 0. The van der Waals surface area contributed by atoms with Crippen LogP contribution in [0.3, 0.4) is 0 Å². The Morgan fingerprint density at radius 3 is 2.38 bits per heavy atom. The highest BCUT2D eigenvalue weighted by Crippen LogP contribution is 2.44. The highest BCUT2D eigenvalue weighted by molar-refractivity contribution is 5.91. The van der Waals surface area contributed by atoms with Gasteiger partial charge in [-0.15, -0.1) is 12.4 Å². The van der Waals surface area contributed by atoms with Crippen molar-refractivity contribution in [1.82, 2.24) is 4.90 Å². The first-order valence-corrected chi connectivity index (χ1v) is 7.69. The Morgan fingerprint density at radius 2 is 1.86 bits per heavy atom. The number of methoxy groups -OCH3 is 1. The van der Waals surface area contributed by atoms with Gasteiger partial charge in [0.2, 0.25) is 5.91 Å². The summed E-state index contributed by atoms with van der Waals surface area (Å²) in [6.07, 6.45) is 7.03. The fourth-order valence-corrected chi connectivity index (χ4v) is 3.95. The molecule has 0 aromatic carbocycles. The zero-order valence-electron chi connectivity index (χ0n) is 13.0. The Balaban J connectivity index is 0.00000220. The second kappa shape index (κ2) is 7.45. The van der Waals surface area contributed by atoms with Crippen molar-refractivity contribution in [2.24, 2.45) is 11.7 Å². The number of hydrogen-bond acceptors (Lipinski definition) is 4. The molecule has 1 saturated carbocycles. The zero-order valence-corrected chi connectivity index (χ0v) is 13.8. The van der Waals surface area contributed by atoms with Gasteiger partial charge in [-0.25, -0.2) is 4.79 Å². The summed E-state index contributed by atoms with van der Waals surface area (Å²) in [5.41, 5.74) is 5.00. The largest absolute Gasteiger partial charge is 0.467 e. The molecule has 1 amide bonds. The summed E-state index contributed by atoms with van der Waals surface area (Å²) in [6.45, 7) is 2.30. The fourth-order valence-electron chi connectivity index (χ4n) is 3.95. The number of nitrogens with two attached hydrogens (primary N) is 1. The Bertz CT molecular complexity index is 383. The molecule has 0 unspecified atom stereocenters. The first-order valence-electron chi connectivity index (χ1n) is 7.69. The monoisotopic (exact) mass is 318 g/mol. The average molecular weight is 319 g/mol. The van der Waals surface area contributed by atoms with Gasteiger partial charge in [0, 0.05) is 6.54 Å². The van der Waals surface area contributed by atoms with Gasteiger partial charge in [0.15, 0.2) is 0 Å². The summed E-state index contributed by atoms with van der Waals surface area (Å²) in [6, 6.07) is -0.569. The van der Waals surface area contributed by atoms with E-state index in [0.717, 1.165) is 32.1 Å². The van der Waals surface area contributed by atoms with Crippen LogP contribution in [0, 0.1) is 5.92 Å². The molecule has 6 heteroatoms. The van der Waals surface area contributed by atoms with E-state index >= 15 is 0 Å². The highest BCUT2D eigenvalue weighted by Gasteiger charge is 2.55. The third kappa shape index (κ3) is 3.19. The Labute approximate surface area is 133 Å². The van der Waals surface area contributed by atoms with Crippen molar-refractivity contribution in [2.45, 2.75) is 63.5 Å². The second-order valence-electron chi connectivity index (χ2n) is 6.13. The molecule has 1 aliphatic heterocycles. The number of ether oxygens (including phenoxy) is 1. The van der Waals surface area contributed by atoms with Crippen LogP contribution in [0.5, 0.6) is 0 Å². The molecule has 2 fully saturated rings. The van der Waals surface area contributed by atoms with Crippen molar-refractivity contribution in [3.8, 4) is 0 Å². The average Bonchev–Trinajstić information content (AvgIpc) is 2.92. The summed E-state index contributed by atoms with van der Waals surface area (Å²) < 4.78 is 5.08. The molecule has 2 rings (SSSR count). The fraction of sp³-hybridized carbons (Fsp3) is 0.867. The first kappa shape index (κ1) is 18.2. The van der Waals surface area contributed by atoms with Gasteiger partial charge in [-0.05, 0) is 38.5 Å². The van der Waals surface area contributed by atoms with E-state index in [-0.39, 0.29) is 30.2 Å². The molecule has 1 aliphatic carbocycles. The van der Waals surface area contributed by atoms with Crippen LogP contribution >= 0.6 is 12.4 Å². The number of likely N-dealkylation sites (tertiary alicyclic amines) is 1. The predicted octanol–water partition coefficient (Wildman–Crippen LogP) is 1.87. The molecule has 2 N–H and O–H groups in total. The van der Waals surface area contributed by atoms with Crippen LogP contribution in [-0.4, -0.2) is 42.0 Å². The highest BCUT2D eigenvalue weighted by atomic mass is 35.5. The van der Waals surface area contributed by atoms with Crippen molar-refractivity contribution in [1.29, 1.82) is 0 Å². The normalized spacial score (nSPS) is 27.9. The maximum atomic E-state index is 12.5. The third-order valence-corrected chi connectivity index (χ3v) is 4.90. The molecule has 122 valence electrons. The number of carbonyl (C=O) groups is 2. The number of esters is 1. The van der Waals surface area contributed by atoms with Crippen LogP contribution in [0.4, 0.5) is 0 Å². The van der Waals surface area contributed by atoms with Gasteiger partial charge in [-0.2, -0.15) is 0 Å². The first-order chi connectivity index (χ1) is 9.54. The van der Waals surface area contributed by atoms with E-state index in [9.17, 15) is 9.59 Å². The minimum absolute atomic E-state index is 0. The molecule has 0 radical (unpaired) electrons. The van der Waals surface area contributed by atoms with Gasteiger partial charge in [0.05, 0.1) is 13.2 Å². The third-order valence-electron chi connectivity index (χ3n) is 4.90. The van der Waals surface area contributed by atoms with Gasteiger partial charge < -0.3 is 15.4 Å². The van der Waals surface area contributed by atoms with Crippen LogP contribution in [0.25, 0.3) is 0 Å². The smallest absolute Gasteiger partial charge is 0.332 e. The molecule has 0 aromatic rings. The number of hydrogen-bond donors (Lipinski definition) is 1. The Morgan fingerprint density at radius 1 is 1.24 bits per heavy atom. The van der Waals surface area contributed by atoms with E-state index < -0.39 is 11.6 Å². The second-order valence-corrected chi connectivity index (χ2v) is 6.13. The summed E-state index contributed by atoms with van der Waals surface area (Å²) in [5, 5.41) is 0. The van der Waals surface area contributed by atoms with Crippen molar-refractivity contribution in [3.05, 3.63) is 0 Å². The Hall–Kier alpha value is -0.810. The minimum atomic E-state index is -0.764. The summed E-state index contributed by atoms with van der Waals surface area (Å²) in [4.78, 5) is 26.7. The van der Waals surface area contributed by atoms with Crippen molar-refractivity contribution < 1.29 is 14.3 Å². The number of nitrogens with zero attached hydrogens (tertiary/aromatic N) is 1. The van der Waals surface area contributed by atoms with Crippen molar-refractivity contribution >= 4 is 24.3 Å². The Kier molecular flexibility index (Phi) is 6.47. The lowest BCUT2D eigenvalue weighted by Crippen LogP contribution is -2.61. The van der Waals surface area contributed by atoms with Crippen LogP contribution in [0.15, 0.2) is 0 Å². The molecule has 0 spiro atoms. The van der Waals surface area contributed by atoms with E-state index in [0.29, 0.717) is 13.0 Å². The lowest BCUT2D eigenvalue weighted by atomic mass is 9.73. The molecule has 2 atom stereocenters. The van der Waals surface area contributed by atoms with Gasteiger partial charge >= 0.3 is 5.97 Å².